The van der Waals surface area contributed by atoms with Gasteiger partial charge in [0.25, 0.3) is 0 Å². The Hall–Kier alpha value is -1.51. The molecule has 25 heavy (non-hydrogen) atoms. The molecule has 2 saturated carbocycles. The summed E-state index contributed by atoms with van der Waals surface area (Å²) >= 11 is 0. The average molecular weight is 346 g/mol. The number of benzene rings is 2. The molecule has 4 atom stereocenters. The summed E-state index contributed by atoms with van der Waals surface area (Å²) in [6, 6.07) is 5.27. The Morgan fingerprint density at radius 3 is 2.36 bits per heavy atom. The predicted molar refractivity (Wildman–Crippen MR) is 95.0 cm³/mol. The maximum atomic E-state index is 14.5. The van der Waals surface area contributed by atoms with Crippen molar-refractivity contribution in [1.29, 1.82) is 0 Å². The predicted octanol–water partition coefficient (Wildman–Crippen LogP) is 6.97. The van der Waals surface area contributed by atoms with E-state index < -0.39 is 17.5 Å². The fourth-order valence-electron chi connectivity index (χ4n) is 5.29. The van der Waals surface area contributed by atoms with Crippen molar-refractivity contribution in [3.05, 3.63) is 47.3 Å². The zero-order valence-corrected chi connectivity index (χ0v) is 14.7. The SMILES string of the molecule is CCC1CCC2CC(c3cc(F)c4c(F)cc(F)cc4c3)CCC2C1. The number of hydrogen-bond acceptors (Lipinski definition) is 0. The van der Waals surface area contributed by atoms with Crippen molar-refractivity contribution >= 4 is 10.8 Å². The van der Waals surface area contributed by atoms with Crippen LogP contribution in [-0.4, -0.2) is 0 Å². The Kier molecular flexibility index (Phi) is 4.51. The van der Waals surface area contributed by atoms with E-state index in [2.05, 4.69) is 6.92 Å². The van der Waals surface area contributed by atoms with Gasteiger partial charge >= 0.3 is 0 Å². The van der Waals surface area contributed by atoms with Gasteiger partial charge in [0, 0.05) is 6.07 Å². The standard InChI is InChI=1S/C22H25F3/c1-2-13-3-4-15-8-16(6-5-14(15)7-13)17-9-18-10-19(23)12-21(25)22(18)20(24)11-17/h9-16H,2-8H2,1H3. The fourth-order valence-corrected chi connectivity index (χ4v) is 5.29. The summed E-state index contributed by atoms with van der Waals surface area (Å²) in [4.78, 5) is 0. The number of halogens is 3. The average Bonchev–Trinajstić information content (AvgIpc) is 2.59. The molecule has 0 N–H and O–H groups in total. The normalized spacial score (nSPS) is 29.6. The molecule has 0 aliphatic heterocycles. The maximum Gasteiger partial charge on any atom is 0.136 e. The lowest BCUT2D eigenvalue weighted by molar-refractivity contribution is 0.116. The van der Waals surface area contributed by atoms with Gasteiger partial charge in [0.2, 0.25) is 0 Å². The largest absolute Gasteiger partial charge is 0.207 e. The number of hydrogen-bond donors (Lipinski definition) is 0. The molecule has 0 aromatic heterocycles. The minimum absolute atomic E-state index is 0.0951. The first-order valence-corrected chi connectivity index (χ1v) is 9.63. The van der Waals surface area contributed by atoms with Crippen LogP contribution >= 0.6 is 0 Å². The molecule has 4 unspecified atom stereocenters. The van der Waals surface area contributed by atoms with Gasteiger partial charge in [-0.05, 0) is 78.9 Å². The summed E-state index contributed by atoms with van der Waals surface area (Å²) in [5.41, 5.74) is 0.908. The first kappa shape index (κ1) is 16.9. The van der Waals surface area contributed by atoms with E-state index in [0.29, 0.717) is 11.3 Å². The Morgan fingerprint density at radius 1 is 0.840 bits per heavy atom. The third-order valence-corrected chi connectivity index (χ3v) is 6.71. The van der Waals surface area contributed by atoms with E-state index in [-0.39, 0.29) is 5.39 Å². The van der Waals surface area contributed by atoms with Crippen LogP contribution in [0, 0.1) is 35.2 Å². The van der Waals surface area contributed by atoms with Gasteiger partial charge in [-0.25, -0.2) is 13.2 Å². The van der Waals surface area contributed by atoms with Crippen LogP contribution in [0.1, 0.15) is 63.4 Å². The van der Waals surface area contributed by atoms with E-state index in [0.717, 1.165) is 42.2 Å². The lowest BCUT2D eigenvalue weighted by atomic mass is 9.63. The fraction of sp³-hybridized carbons (Fsp3) is 0.545. The van der Waals surface area contributed by atoms with Gasteiger partial charge < -0.3 is 0 Å². The molecule has 0 nitrogen and oxygen atoms in total. The molecule has 2 aliphatic rings. The molecule has 2 fully saturated rings. The van der Waals surface area contributed by atoms with Gasteiger partial charge in [-0.1, -0.05) is 25.8 Å². The monoisotopic (exact) mass is 346 g/mol. The quantitative estimate of drug-likeness (QED) is 0.551. The Morgan fingerprint density at radius 2 is 1.56 bits per heavy atom. The van der Waals surface area contributed by atoms with Gasteiger partial charge in [-0.15, -0.1) is 0 Å². The zero-order chi connectivity index (χ0) is 17.6. The second-order valence-electron chi connectivity index (χ2n) is 8.11. The lowest BCUT2D eigenvalue weighted by Gasteiger charge is -2.42. The van der Waals surface area contributed by atoms with E-state index in [1.54, 1.807) is 6.07 Å². The molecule has 0 amide bonds. The van der Waals surface area contributed by atoms with E-state index >= 15 is 0 Å². The number of fused-ring (bicyclic) bond motifs is 2. The smallest absolute Gasteiger partial charge is 0.136 e. The topological polar surface area (TPSA) is 0 Å². The Labute approximate surface area is 147 Å². The second kappa shape index (κ2) is 6.66. The molecule has 2 aliphatic carbocycles. The van der Waals surface area contributed by atoms with Crippen molar-refractivity contribution in [2.24, 2.45) is 17.8 Å². The van der Waals surface area contributed by atoms with Crippen LogP contribution in [0.25, 0.3) is 10.8 Å². The van der Waals surface area contributed by atoms with Crippen LogP contribution in [0.2, 0.25) is 0 Å². The minimum atomic E-state index is -0.819. The van der Waals surface area contributed by atoms with Crippen LogP contribution in [-0.2, 0) is 0 Å². The molecule has 0 saturated heterocycles. The first-order valence-electron chi connectivity index (χ1n) is 9.63. The lowest BCUT2D eigenvalue weighted by Crippen LogP contribution is -2.30. The van der Waals surface area contributed by atoms with Crippen molar-refractivity contribution in [3.63, 3.8) is 0 Å². The molecule has 134 valence electrons. The van der Waals surface area contributed by atoms with Crippen molar-refractivity contribution < 1.29 is 13.2 Å². The van der Waals surface area contributed by atoms with Crippen LogP contribution in [0.3, 0.4) is 0 Å². The first-order chi connectivity index (χ1) is 12.0. The molecule has 0 heterocycles. The van der Waals surface area contributed by atoms with E-state index in [1.165, 1.54) is 44.2 Å². The molecule has 2 aromatic rings. The highest BCUT2D eigenvalue weighted by atomic mass is 19.1. The second-order valence-corrected chi connectivity index (χ2v) is 8.11. The molecule has 0 bridgehead atoms. The summed E-state index contributed by atoms with van der Waals surface area (Å²) in [5.74, 6) is 0.692. The molecular weight excluding hydrogens is 321 g/mol. The molecule has 2 aromatic carbocycles. The van der Waals surface area contributed by atoms with Crippen LogP contribution in [0.15, 0.2) is 24.3 Å². The van der Waals surface area contributed by atoms with E-state index in [9.17, 15) is 13.2 Å². The van der Waals surface area contributed by atoms with Crippen molar-refractivity contribution in [3.8, 4) is 0 Å². The Balaban J connectivity index is 1.60. The third kappa shape index (κ3) is 3.18. The molecule has 3 heteroatoms. The van der Waals surface area contributed by atoms with Gasteiger partial charge in [0.1, 0.15) is 17.5 Å². The number of rotatable bonds is 2. The van der Waals surface area contributed by atoms with E-state index in [1.807, 2.05) is 0 Å². The van der Waals surface area contributed by atoms with Gasteiger partial charge in [-0.3, -0.25) is 0 Å². The zero-order valence-electron chi connectivity index (χ0n) is 14.7. The summed E-state index contributed by atoms with van der Waals surface area (Å²) in [7, 11) is 0. The van der Waals surface area contributed by atoms with Crippen LogP contribution < -0.4 is 0 Å². The third-order valence-electron chi connectivity index (χ3n) is 6.71. The summed E-state index contributed by atoms with van der Waals surface area (Å²) in [5, 5.41) is 0.242. The van der Waals surface area contributed by atoms with Crippen molar-refractivity contribution in [1.82, 2.24) is 0 Å². The highest BCUT2D eigenvalue weighted by Gasteiger charge is 2.35. The maximum absolute atomic E-state index is 14.5. The van der Waals surface area contributed by atoms with E-state index in [4.69, 9.17) is 0 Å². The van der Waals surface area contributed by atoms with Gasteiger partial charge in [-0.2, -0.15) is 0 Å². The van der Waals surface area contributed by atoms with Gasteiger partial charge in [0.05, 0.1) is 5.39 Å². The van der Waals surface area contributed by atoms with Crippen LogP contribution in [0.5, 0.6) is 0 Å². The summed E-state index contributed by atoms with van der Waals surface area (Å²) < 4.78 is 41.9. The highest BCUT2D eigenvalue weighted by Crippen LogP contribution is 2.48. The minimum Gasteiger partial charge on any atom is -0.207 e. The molecular formula is C22H25F3. The Bertz CT molecular complexity index is 782. The molecule has 4 rings (SSSR count). The summed E-state index contributed by atoms with van der Waals surface area (Å²) in [6.07, 6.45) is 8.55. The molecule has 0 spiro atoms. The van der Waals surface area contributed by atoms with Gasteiger partial charge in [0.15, 0.2) is 0 Å². The highest BCUT2D eigenvalue weighted by molar-refractivity contribution is 5.84. The summed E-state index contributed by atoms with van der Waals surface area (Å²) in [6.45, 7) is 2.28. The van der Waals surface area contributed by atoms with Crippen LogP contribution in [0.4, 0.5) is 13.2 Å². The van der Waals surface area contributed by atoms with Crippen molar-refractivity contribution in [2.45, 2.75) is 57.8 Å². The molecule has 0 radical (unpaired) electrons. The van der Waals surface area contributed by atoms with Crippen molar-refractivity contribution in [2.75, 3.05) is 0 Å².